The second-order valence-electron chi connectivity index (χ2n) is 2.05. The maximum atomic E-state index is 5.55. The summed E-state index contributed by atoms with van der Waals surface area (Å²) in [5.74, 6) is 0. The molecule has 0 radical (unpaired) electrons. The summed E-state index contributed by atoms with van der Waals surface area (Å²) in [7, 11) is 0.350. The molecule has 1 aliphatic rings. The molecule has 0 bridgehead atoms. The Morgan fingerprint density at radius 2 is 2.64 bits per heavy atom. The molecule has 3 atom stereocenters. The van der Waals surface area contributed by atoms with E-state index in [1.807, 2.05) is 10.5 Å². The Bertz CT molecular complexity index is 214. The van der Waals surface area contributed by atoms with E-state index in [-0.39, 0.29) is 10.9 Å². The van der Waals surface area contributed by atoms with Crippen LogP contribution in [0.5, 0.6) is 0 Å². The average Bonchev–Trinajstić information content (AvgIpc) is 2.50. The highest BCUT2D eigenvalue weighted by Crippen LogP contribution is 2.22. The van der Waals surface area contributed by atoms with Gasteiger partial charge in [0.15, 0.2) is 0 Å². The van der Waals surface area contributed by atoms with Crippen LogP contribution in [0.25, 0.3) is 0 Å². The average molecular weight is 189 g/mol. The summed E-state index contributed by atoms with van der Waals surface area (Å²) in [6.45, 7) is 5.80. The van der Waals surface area contributed by atoms with E-state index >= 15 is 0 Å². The lowest BCUT2D eigenvalue weighted by Crippen LogP contribution is -2.18. The summed E-state index contributed by atoms with van der Waals surface area (Å²) in [5.41, 5.74) is 5.55. The maximum absolute atomic E-state index is 5.55. The first-order chi connectivity index (χ1) is 5.29. The van der Waals surface area contributed by atoms with Crippen LogP contribution in [0.3, 0.4) is 0 Å². The molecule has 11 heavy (non-hydrogen) atoms. The van der Waals surface area contributed by atoms with Crippen molar-refractivity contribution >= 4 is 19.6 Å². The number of hydrogen-bond donors (Lipinski definition) is 1. The van der Waals surface area contributed by atoms with Crippen LogP contribution >= 0.6 is 8.73 Å². The minimum absolute atomic E-state index is 0.0934. The Morgan fingerprint density at radius 1 is 1.91 bits per heavy atom. The third kappa shape index (κ3) is 1.89. The van der Waals surface area contributed by atoms with Gasteiger partial charge in [0.2, 0.25) is 0 Å². The van der Waals surface area contributed by atoms with Gasteiger partial charge >= 0.3 is 0 Å². The summed E-state index contributed by atoms with van der Waals surface area (Å²) in [4.78, 5) is 0.433. The van der Waals surface area contributed by atoms with Gasteiger partial charge in [0.1, 0.15) is 0 Å². The number of nitrogens with zero attached hydrogens (tertiary/aromatic N) is 2. The van der Waals surface area contributed by atoms with Gasteiger partial charge in [-0.15, -0.1) is 0 Å². The standard InChI is InChI=1S/C6H12N3PS/c1-3-9-5-4-8-11(9)6(2)10-7/h3-6,10H,1,7H2,2H3. The van der Waals surface area contributed by atoms with Gasteiger partial charge in [-0.05, 0) is 15.7 Å². The predicted molar refractivity (Wildman–Crippen MR) is 52.9 cm³/mol. The minimum atomic E-state index is -0.0934. The zero-order valence-electron chi connectivity index (χ0n) is 6.40. The van der Waals surface area contributed by atoms with Crippen molar-refractivity contribution in [3.8, 4) is 0 Å². The third-order valence-electron chi connectivity index (χ3n) is 1.33. The maximum Gasteiger partial charge on any atom is 0.0625 e. The molecule has 0 saturated heterocycles. The zero-order valence-corrected chi connectivity index (χ0v) is 8.21. The van der Waals surface area contributed by atoms with Crippen molar-refractivity contribution in [1.82, 2.24) is 4.31 Å². The lowest BCUT2D eigenvalue weighted by molar-refractivity contribution is 0.852. The largest absolute Gasteiger partial charge is 0.311 e. The van der Waals surface area contributed by atoms with Crippen molar-refractivity contribution in [3.63, 3.8) is 0 Å². The summed E-state index contributed by atoms with van der Waals surface area (Å²) >= 11 is 0. The van der Waals surface area contributed by atoms with Gasteiger partial charge in [0.25, 0.3) is 0 Å². The quantitative estimate of drug-likeness (QED) is 0.684. The fourth-order valence-electron chi connectivity index (χ4n) is 0.744. The highest BCUT2D eigenvalue weighted by atomic mass is 32.2. The SMILES string of the molecule is C=CN1C=CN=S1C(C)PN. The van der Waals surface area contributed by atoms with Gasteiger partial charge in [0.05, 0.1) is 11.2 Å². The first-order valence-corrected chi connectivity index (χ1v) is 5.63. The molecule has 1 rings (SSSR count). The van der Waals surface area contributed by atoms with Crippen LogP contribution in [-0.4, -0.2) is 9.30 Å². The first kappa shape index (κ1) is 8.91. The van der Waals surface area contributed by atoms with E-state index in [1.54, 1.807) is 12.4 Å². The monoisotopic (exact) mass is 189 g/mol. The van der Waals surface area contributed by atoms with E-state index in [1.165, 1.54) is 0 Å². The fraction of sp³-hybridized carbons (Fsp3) is 0.333. The molecule has 0 fully saturated rings. The molecule has 0 amide bonds. The van der Waals surface area contributed by atoms with Crippen LogP contribution in [0.2, 0.25) is 0 Å². The molecule has 0 aromatic carbocycles. The first-order valence-electron chi connectivity index (χ1n) is 3.27. The van der Waals surface area contributed by atoms with E-state index in [0.29, 0.717) is 13.7 Å². The second-order valence-corrected chi connectivity index (χ2v) is 5.59. The molecule has 1 heterocycles. The molecule has 5 heteroatoms. The summed E-state index contributed by atoms with van der Waals surface area (Å²) in [5, 5.41) is 0. The van der Waals surface area contributed by atoms with Gasteiger partial charge in [-0.3, -0.25) is 4.31 Å². The van der Waals surface area contributed by atoms with Crippen LogP contribution < -0.4 is 5.50 Å². The van der Waals surface area contributed by atoms with E-state index in [2.05, 4.69) is 17.9 Å². The van der Waals surface area contributed by atoms with E-state index in [9.17, 15) is 0 Å². The molecule has 2 N–H and O–H groups in total. The Labute approximate surface area is 71.4 Å². The molecule has 0 aromatic rings. The van der Waals surface area contributed by atoms with Crippen molar-refractivity contribution < 1.29 is 0 Å². The second kappa shape index (κ2) is 4.00. The molecule has 3 nitrogen and oxygen atoms in total. The van der Waals surface area contributed by atoms with Crippen molar-refractivity contribution in [2.24, 2.45) is 9.87 Å². The molecule has 1 aliphatic heterocycles. The molecular weight excluding hydrogens is 177 g/mol. The van der Waals surface area contributed by atoms with Gasteiger partial charge in [0, 0.05) is 23.3 Å². The van der Waals surface area contributed by atoms with E-state index < -0.39 is 0 Å². The zero-order chi connectivity index (χ0) is 8.27. The molecular formula is C6H12N3PS. The highest BCUT2D eigenvalue weighted by molar-refractivity contribution is 7.91. The Hall–Kier alpha value is -0.180. The van der Waals surface area contributed by atoms with Crippen LogP contribution in [0.15, 0.2) is 29.5 Å². The molecule has 0 spiro atoms. The Morgan fingerprint density at radius 3 is 3.18 bits per heavy atom. The molecule has 0 saturated carbocycles. The van der Waals surface area contributed by atoms with Crippen LogP contribution in [0.4, 0.5) is 0 Å². The topological polar surface area (TPSA) is 41.6 Å². The highest BCUT2D eigenvalue weighted by Gasteiger charge is 2.13. The molecule has 0 aromatic heterocycles. The van der Waals surface area contributed by atoms with E-state index in [0.717, 1.165) is 0 Å². The van der Waals surface area contributed by atoms with Gasteiger partial charge in [-0.1, -0.05) is 6.58 Å². The third-order valence-corrected chi connectivity index (χ3v) is 4.51. The van der Waals surface area contributed by atoms with Crippen LogP contribution in [0, 0.1) is 0 Å². The number of hydrogen-bond acceptors (Lipinski definition) is 3. The van der Waals surface area contributed by atoms with Gasteiger partial charge in [-0.25, -0.2) is 4.36 Å². The van der Waals surface area contributed by atoms with Crippen molar-refractivity contribution in [2.45, 2.75) is 11.9 Å². The molecule has 3 unspecified atom stereocenters. The van der Waals surface area contributed by atoms with Crippen molar-refractivity contribution in [1.29, 1.82) is 0 Å². The summed E-state index contributed by atoms with van der Waals surface area (Å²) < 4.78 is 6.29. The smallest absolute Gasteiger partial charge is 0.0625 e. The number of rotatable bonds is 3. The lowest BCUT2D eigenvalue weighted by Gasteiger charge is -2.18. The van der Waals surface area contributed by atoms with Crippen molar-refractivity contribution in [3.05, 3.63) is 25.2 Å². The number of nitrogens with two attached hydrogens (primary N) is 1. The fourth-order valence-corrected chi connectivity index (χ4v) is 2.95. The summed E-state index contributed by atoms with van der Waals surface area (Å²) in [6.07, 6.45) is 5.51. The van der Waals surface area contributed by atoms with Crippen LogP contribution in [0.1, 0.15) is 6.92 Å². The minimum Gasteiger partial charge on any atom is -0.311 e. The van der Waals surface area contributed by atoms with Crippen molar-refractivity contribution in [2.75, 3.05) is 0 Å². The lowest BCUT2D eigenvalue weighted by atomic mass is 10.9. The Kier molecular flexibility index (Phi) is 3.24. The molecule has 62 valence electrons. The normalized spacial score (nSPS) is 26.0. The van der Waals surface area contributed by atoms with Gasteiger partial charge in [-0.2, -0.15) is 0 Å². The van der Waals surface area contributed by atoms with E-state index in [4.69, 9.17) is 5.50 Å². The Balaban J connectivity index is 2.66. The summed E-state index contributed by atoms with van der Waals surface area (Å²) in [6, 6.07) is 0. The molecule has 0 aliphatic carbocycles. The van der Waals surface area contributed by atoms with Gasteiger partial charge < -0.3 is 5.50 Å². The predicted octanol–water partition coefficient (Wildman–Crippen LogP) is 1.53. The van der Waals surface area contributed by atoms with Crippen LogP contribution in [-0.2, 0) is 10.9 Å².